The van der Waals surface area contributed by atoms with E-state index >= 15 is 0 Å². The molecule has 0 saturated heterocycles. The lowest BCUT2D eigenvalue weighted by Gasteiger charge is -2.19. The Bertz CT molecular complexity index is 645. The summed E-state index contributed by atoms with van der Waals surface area (Å²) in [7, 11) is 1.51. The molecule has 22 heavy (non-hydrogen) atoms. The molecule has 8 heteroatoms. The van der Waals surface area contributed by atoms with Gasteiger partial charge in [-0.1, -0.05) is 13.8 Å². The van der Waals surface area contributed by atoms with E-state index in [9.17, 15) is 18.0 Å². The number of hydrogen-bond acceptors (Lipinski definition) is 3. The first kappa shape index (κ1) is 16.1. The third kappa shape index (κ3) is 3.32. The van der Waals surface area contributed by atoms with Crippen molar-refractivity contribution < 1.29 is 22.4 Å². The molecule has 0 radical (unpaired) electrons. The fraction of sp³-hybridized carbons (Fsp3) is 0.429. The van der Waals surface area contributed by atoms with Gasteiger partial charge in [0.25, 0.3) is 5.91 Å². The highest BCUT2D eigenvalue weighted by molar-refractivity contribution is 5.93. The molecule has 1 unspecified atom stereocenters. The molecule has 0 aromatic carbocycles. The molecule has 0 spiro atoms. The minimum atomic E-state index is -4.66. The molecule has 0 saturated carbocycles. The Morgan fingerprint density at radius 3 is 2.55 bits per heavy atom. The van der Waals surface area contributed by atoms with Gasteiger partial charge in [0.05, 0.1) is 12.0 Å². The van der Waals surface area contributed by atoms with Crippen molar-refractivity contribution in [2.24, 2.45) is 7.05 Å². The monoisotopic (exact) mass is 315 g/mol. The number of halogens is 3. The first-order chi connectivity index (χ1) is 10.2. The average molecular weight is 315 g/mol. The quantitative estimate of drug-likeness (QED) is 0.942. The molecule has 2 aromatic rings. The van der Waals surface area contributed by atoms with Gasteiger partial charge in [-0.25, -0.2) is 0 Å². The summed E-state index contributed by atoms with van der Waals surface area (Å²) in [6, 6.07) is 1.78. The van der Waals surface area contributed by atoms with Crippen LogP contribution in [0.2, 0.25) is 0 Å². The maximum Gasteiger partial charge on any atom is 0.415 e. The van der Waals surface area contributed by atoms with Crippen molar-refractivity contribution in [2.45, 2.75) is 32.0 Å². The Labute approximate surface area is 125 Å². The highest BCUT2D eigenvalue weighted by atomic mass is 19.4. The third-order valence-electron chi connectivity index (χ3n) is 3.15. The first-order valence-electron chi connectivity index (χ1n) is 6.65. The van der Waals surface area contributed by atoms with Crippen LogP contribution in [0.3, 0.4) is 0 Å². The number of amides is 1. The van der Waals surface area contributed by atoms with E-state index in [1.807, 2.05) is 19.2 Å². The van der Waals surface area contributed by atoms with Gasteiger partial charge in [0.15, 0.2) is 6.04 Å². The number of alkyl halides is 3. The van der Waals surface area contributed by atoms with Crippen molar-refractivity contribution in [1.29, 1.82) is 0 Å². The van der Waals surface area contributed by atoms with E-state index < -0.39 is 18.1 Å². The number of carbonyl (C=O) groups is 1. The molecule has 1 N–H and O–H groups in total. The van der Waals surface area contributed by atoms with Gasteiger partial charge in [-0.3, -0.25) is 9.48 Å². The van der Waals surface area contributed by atoms with E-state index in [4.69, 9.17) is 4.42 Å². The Morgan fingerprint density at radius 2 is 2.09 bits per heavy atom. The molecule has 2 rings (SSSR count). The number of hydrogen-bond donors (Lipinski definition) is 1. The number of aromatic nitrogens is 2. The first-order valence-corrected chi connectivity index (χ1v) is 6.65. The summed E-state index contributed by atoms with van der Waals surface area (Å²) < 4.78 is 45.3. The topological polar surface area (TPSA) is 60.1 Å². The van der Waals surface area contributed by atoms with E-state index in [0.717, 1.165) is 6.26 Å². The van der Waals surface area contributed by atoms with Crippen LogP contribution in [0, 0.1) is 0 Å². The molecule has 2 heterocycles. The molecule has 0 bridgehead atoms. The van der Waals surface area contributed by atoms with E-state index in [-0.39, 0.29) is 17.4 Å². The maximum atomic E-state index is 13.1. The molecule has 0 aliphatic carbocycles. The zero-order valence-corrected chi connectivity index (χ0v) is 12.3. The predicted molar refractivity (Wildman–Crippen MR) is 72.3 cm³/mol. The Kier molecular flexibility index (Phi) is 4.30. The zero-order chi connectivity index (χ0) is 16.5. The molecule has 0 fully saturated rings. The van der Waals surface area contributed by atoms with Crippen LogP contribution in [-0.4, -0.2) is 21.9 Å². The van der Waals surface area contributed by atoms with Crippen LogP contribution < -0.4 is 5.32 Å². The Morgan fingerprint density at radius 1 is 1.41 bits per heavy atom. The normalized spacial score (nSPS) is 13.4. The van der Waals surface area contributed by atoms with Crippen molar-refractivity contribution in [3.63, 3.8) is 0 Å². The molecule has 5 nitrogen and oxygen atoms in total. The largest absolute Gasteiger partial charge is 0.467 e. The highest BCUT2D eigenvalue weighted by Crippen LogP contribution is 2.33. The second-order valence-electron chi connectivity index (χ2n) is 5.20. The Balaban J connectivity index is 2.26. The number of furan rings is 1. The van der Waals surface area contributed by atoms with Gasteiger partial charge in [0.2, 0.25) is 0 Å². The van der Waals surface area contributed by atoms with Crippen molar-refractivity contribution in [3.05, 3.63) is 41.6 Å². The van der Waals surface area contributed by atoms with Crippen molar-refractivity contribution in [1.82, 2.24) is 15.1 Å². The second-order valence-corrected chi connectivity index (χ2v) is 5.20. The lowest BCUT2D eigenvalue weighted by Crippen LogP contribution is -2.38. The Hall–Kier alpha value is -2.25. The van der Waals surface area contributed by atoms with Crippen molar-refractivity contribution >= 4 is 5.91 Å². The van der Waals surface area contributed by atoms with Gasteiger partial charge >= 0.3 is 6.18 Å². The van der Waals surface area contributed by atoms with Gasteiger partial charge in [-0.05, 0) is 24.1 Å². The van der Waals surface area contributed by atoms with Crippen LogP contribution >= 0.6 is 0 Å². The fourth-order valence-corrected chi connectivity index (χ4v) is 1.96. The van der Waals surface area contributed by atoms with Gasteiger partial charge < -0.3 is 9.73 Å². The van der Waals surface area contributed by atoms with Crippen LogP contribution in [0.4, 0.5) is 13.2 Å². The minimum Gasteiger partial charge on any atom is -0.467 e. The lowest BCUT2D eigenvalue weighted by atomic mass is 10.1. The summed E-state index contributed by atoms with van der Waals surface area (Å²) in [4.78, 5) is 12.1. The molecule has 120 valence electrons. The fourth-order valence-electron chi connectivity index (χ4n) is 1.96. The number of carbonyl (C=O) groups excluding carboxylic acids is 1. The second kappa shape index (κ2) is 5.86. The molecule has 2 aromatic heterocycles. The summed E-state index contributed by atoms with van der Waals surface area (Å²) in [5.41, 5.74) is 0.693. The molecular formula is C14H16F3N3O2. The summed E-state index contributed by atoms with van der Waals surface area (Å²) in [5, 5.41) is 6.06. The van der Waals surface area contributed by atoms with Gasteiger partial charge in [0, 0.05) is 7.05 Å². The van der Waals surface area contributed by atoms with Crippen molar-refractivity contribution in [2.75, 3.05) is 0 Å². The van der Waals surface area contributed by atoms with Crippen LogP contribution in [0.1, 0.15) is 47.7 Å². The standard InChI is InChI=1S/C14H16F3N3O2/c1-8(2)9-7-10(20(3)19-9)13(21)18-12(14(15,16)17)11-5-4-6-22-11/h4-8,12H,1-3H3,(H,18,21). The van der Waals surface area contributed by atoms with E-state index in [0.29, 0.717) is 5.69 Å². The van der Waals surface area contributed by atoms with Crippen LogP contribution in [0.15, 0.2) is 28.9 Å². The zero-order valence-electron chi connectivity index (χ0n) is 12.3. The number of rotatable bonds is 4. The summed E-state index contributed by atoms with van der Waals surface area (Å²) >= 11 is 0. The number of nitrogens with one attached hydrogen (secondary N) is 1. The van der Waals surface area contributed by atoms with Gasteiger partial charge in [0.1, 0.15) is 11.5 Å². The minimum absolute atomic E-state index is 0.0597. The summed E-state index contributed by atoms with van der Waals surface area (Å²) in [6.45, 7) is 3.76. The molecule has 0 aliphatic rings. The van der Waals surface area contributed by atoms with Crippen LogP contribution in [0.5, 0.6) is 0 Å². The van der Waals surface area contributed by atoms with Gasteiger partial charge in [-0.2, -0.15) is 18.3 Å². The van der Waals surface area contributed by atoms with E-state index in [1.54, 1.807) is 0 Å². The highest BCUT2D eigenvalue weighted by Gasteiger charge is 2.44. The van der Waals surface area contributed by atoms with Gasteiger partial charge in [-0.15, -0.1) is 0 Å². The smallest absolute Gasteiger partial charge is 0.415 e. The van der Waals surface area contributed by atoms with E-state index in [1.165, 1.54) is 29.9 Å². The lowest BCUT2D eigenvalue weighted by molar-refractivity contribution is -0.159. The predicted octanol–water partition coefficient (Wildman–Crippen LogP) is 3.17. The molecule has 1 atom stereocenters. The third-order valence-corrected chi connectivity index (χ3v) is 3.15. The molecule has 1 amide bonds. The molecule has 0 aliphatic heterocycles. The number of nitrogens with zero attached hydrogens (tertiary/aromatic N) is 2. The van der Waals surface area contributed by atoms with E-state index in [2.05, 4.69) is 5.10 Å². The van der Waals surface area contributed by atoms with Crippen molar-refractivity contribution in [3.8, 4) is 0 Å². The number of aryl methyl sites for hydroxylation is 1. The SMILES string of the molecule is CC(C)c1cc(C(=O)NC(c2ccco2)C(F)(F)F)n(C)n1. The van der Waals surface area contributed by atoms with Crippen LogP contribution in [0.25, 0.3) is 0 Å². The summed E-state index contributed by atoms with van der Waals surface area (Å²) in [5.74, 6) is -1.16. The maximum absolute atomic E-state index is 13.1. The summed E-state index contributed by atoms with van der Waals surface area (Å²) in [6.07, 6.45) is -3.53. The molecular weight excluding hydrogens is 299 g/mol. The average Bonchev–Trinajstić information content (AvgIpc) is 3.03. The van der Waals surface area contributed by atoms with Crippen LogP contribution in [-0.2, 0) is 7.05 Å².